The Morgan fingerprint density at radius 2 is 1.50 bits per heavy atom. The van der Waals surface area contributed by atoms with E-state index in [0.29, 0.717) is 6.04 Å². The van der Waals surface area contributed by atoms with Gasteiger partial charge in [0.25, 0.3) is 0 Å². The Bertz CT molecular complexity index is 276. The molecular formula is C11H17BrFN. The molecule has 1 nitrogen and oxygen atoms in total. The third-order valence-electron chi connectivity index (χ3n) is 2.51. The van der Waals surface area contributed by atoms with Crippen molar-refractivity contribution in [1.82, 2.24) is 0 Å². The molecule has 0 N–H and O–H groups in total. The van der Waals surface area contributed by atoms with Gasteiger partial charge in [-0.3, -0.25) is 0 Å². The molecule has 0 aliphatic heterocycles. The summed E-state index contributed by atoms with van der Waals surface area (Å²) in [5.74, 6) is -0.169. The lowest BCUT2D eigenvalue weighted by molar-refractivity contribution is -0.900. The minimum absolute atomic E-state index is 0. The molecule has 0 amide bonds. The van der Waals surface area contributed by atoms with Gasteiger partial charge in [-0.05, 0) is 19.1 Å². The highest BCUT2D eigenvalue weighted by Crippen LogP contribution is 2.22. The van der Waals surface area contributed by atoms with Crippen LogP contribution in [0.4, 0.5) is 4.39 Å². The lowest BCUT2D eigenvalue weighted by atomic mass is 10.1. The molecule has 0 fully saturated rings. The van der Waals surface area contributed by atoms with Crippen molar-refractivity contribution in [1.29, 1.82) is 0 Å². The number of hydrogen-bond donors (Lipinski definition) is 0. The van der Waals surface area contributed by atoms with Crippen LogP contribution in [0.2, 0.25) is 0 Å². The highest BCUT2D eigenvalue weighted by molar-refractivity contribution is 5.17. The van der Waals surface area contributed by atoms with Gasteiger partial charge >= 0.3 is 0 Å². The van der Waals surface area contributed by atoms with Crippen molar-refractivity contribution in [2.24, 2.45) is 0 Å². The number of benzene rings is 1. The summed E-state index contributed by atoms with van der Waals surface area (Å²) in [7, 11) is 6.40. The van der Waals surface area contributed by atoms with Crippen LogP contribution >= 0.6 is 0 Å². The molecule has 0 aromatic heterocycles. The highest BCUT2D eigenvalue weighted by atomic mass is 79.9. The van der Waals surface area contributed by atoms with Crippen LogP contribution in [0.5, 0.6) is 0 Å². The molecule has 0 radical (unpaired) electrons. The number of halogens is 2. The quantitative estimate of drug-likeness (QED) is 0.636. The zero-order valence-corrected chi connectivity index (χ0v) is 10.7. The van der Waals surface area contributed by atoms with Crippen molar-refractivity contribution in [3.05, 3.63) is 35.6 Å². The Morgan fingerprint density at radius 3 is 1.86 bits per heavy atom. The van der Waals surface area contributed by atoms with E-state index in [9.17, 15) is 4.39 Å². The molecule has 0 bridgehead atoms. The molecule has 1 aromatic carbocycles. The normalized spacial score (nSPS) is 13.2. The van der Waals surface area contributed by atoms with E-state index in [1.165, 1.54) is 17.7 Å². The van der Waals surface area contributed by atoms with Crippen molar-refractivity contribution >= 4 is 0 Å². The van der Waals surface area contributed by atoms with Gasteiger partial charge < -0.3 is 21.5 Å². The first-order chi connectivity index (χ1) is 5.91. The number of quaternary nitrogens is 1. The molecule has 14 heavy (non-hydrogen) atoms. The Hall–Kier alpha value is -0.410. The van der Waals surface area contributed by atoms with E-state index in [4.69, 9.17) is 0 Å². The number of hydrogen-bond acceptors (Lipinski definition) is 0. The minimum atomic E-state index is -0.169. The predicted molar refractivity (Wildman–Crippen MR) is 52.8 cm³/mol. The highest BCUT2D eigenvalue weighted by Gasteiger charge is 2.19. The lowest BCUT2D eigenvalue weighted by Gasteiger charge is -2.31. The first-order valence-electron chi connectivity index (χ1n) is 4.48. The van der Waals surface area contributed by atoms with E-state index < -0.39 is 0 Å². The van der Waals surface area contributed by atoms with Gasteiger partial charge in [0.1, 0.15) is 11.9 Å². The van der Waals surface area contributed by atoms with Gasteiger partial charge in [-0.2, -0.15) is 0 Å². The number of nitrogens with zero attached hydrogens (tertiary/aromatic N) is 1. The monoisotopic (exact) mass is 261 g/mol. The van der Waals surface area contributed by atoms with Gasteiger partial charge in [-0.1, -0.05) is 12.1 Å². The molecule has 1 rings (SSSR count). The minimum Gasteiger partial charge on any atom is -1.00 e. The Balaban J connectivity index is 0.00000169. The second-order valence-corrected chi connectivity index (χ2v) is 4.34. The SMILES string of the molecule is CC(c1ccc(F)cc1)[N+](C)(C)C.[Br-]. The van der Waals surface area contributed by atoms with Gasteiger partial charge in [-0.15, -0.1) is 0 Å². The fourth-order valence-electron chi connectivity index (χ4n) is 1.19. The van der Waals surface area contributed by atoms with Crippen LogP contribution < -0.4 is 17.0 Å². The van der Waals surface area contributed by atoms with E-state index in [2.05, 4.69) is 28.1 Å². The fraction of sp³-hybridized carbons (Fsp3) is 0.455. The molecule has 3 heteroatoms. The lowest BCUT2D eigenvalue weighted by Crippen LogP contribution is -3.00. The summed E-state index contributed by atoms with van der Waals surface area (Å²) in [5, 5.41) is 0. The maximum atomic E-state index is 12.6. The molecule has 0 aliphatic carbocycles. The molecule has 1 atom stereocenters. The van der Waals surface area contributed by atoms with Crippen LogP contribution in [0.1, 0.15) is 18.5 Å². The van der Waals surface area contributed by atoms with E-state index in [1.54, 1.807) is 0 Å². The summed E-state index contributed by atoms with van der Waals surface area (Å²) >= 11 is 0. The molecule has 0 saturated heterocycles. The average Bonchev–Trinajstić information content (AvgIpc) is 2.03. The van der Waals surface area contributed by atoms with E-state index >= 15 is 0 Å². The summed E-state index contributed by atoms with van der Waals surface area (Å²) in [5.41, 5.74) is 1.17. The van der Waals surface area contributed by atoms with Gasteiger partial charge in [-0.25, -0.2) is 4.39 Å². The third kappa shape index (κ3) is 3.39. The van der Waals surface area contributed by atoms with E-state index in [-0.39, 0.29) is 22.8 Å². The smallest absolute Gasteiger partial charge is 0.123 e. The van der Waals surface area contributed by atoms with Gasteiger partial charge in [0.15, 0.2) is 0 Å². The predicted octanol–water partition coefficient (Wildman–Crippen LogP) is -0.403. The molecule has 1 aromatic rings. The summed E-state index contributed by atoms with van der Waals surface area (Å²) in [6.07, 6.45) is 0. The zero-order chi connectivity index (χ0) is 10.1. The molecule has 0 aliphatic rings. The van der Waals surface area contributed by atoms with Gasteiger partial charge in [0.2, 0.25) is 0 Å². The Kier molecular flexibility index (Phi) is 4.75. The van der Waals surface area contributed by atoms with Crippen molar-refractivity contribution in [2.75, 3.05) is 21.1 Å². The fourth-order valence-corrected chi connectivity index (χ4v) is 1.19. The van der Waals surface area contributed by atoms with Crippen molar-refractivity contribution in [3.8, 4) is 0 Å². The Morgan fingerprint density at radius 1 is 1.07 bits per heavy atom. The standard InChI is InChI=1S/C11H17FN.BrH/c1-9(13(2,3)4)10-5-7-11(12)8-6-10;/h5-9H,1-4H3;1H/q+1;/p-1. The second-order valence-electron chi connectivity index (χ2n) is 4.34. The van der Waals surface area contributed by atoms with Crippen LogP contribution in [0.3, 0.4) is 0 Å². The molecule has 0 heterocycles. The summed E-state index contributed by atoms with van der Waals surface area (Å²) in [6, 6.07) is 7.12. The zero-order valence-electron chi connectivity index (χ0n) is 9.09. The largest absolute Gasteiger partial charge is 1.00 e. The van der Waals surface area contributed by atoms with Crippen LogP contribution in [0.15, 0.2) is 24.3 Å². The Labute approximate surface area is 95.9 Å². The first kappa shape index (κ1) is 13.6. The van der Waals surface area contributed by atoms with Gasteiger partial charge in [0, 0.05) is 5.56 Å². The topological polar surface area (TPSA) is 0 Å². The van der Waals surface area contributed by atoms with Crippen molar-refractivity contribution in [3.63, 3.8) is 0 Å². The van der Waals surface area contributed by atoms with E-state index in [0.717, 1.165) is 4.48 Å². The second kappa shape index (κ2) is 4.89. The molecule has 0 spiro atoms. The molecule has 80 valence electrons. The van der Waals surface area contributed by atoms with E-state index in [1.807, 2.05) is 12.1 Å². The molecular weight excluding hydrogens is 245 g/mol. The molecule has 0 saturated carbocycles. The maximum absolute atomic E-state index is 12.6. The summed E-state index contributed by atoms with van der Waals surface area (Å²) in [4.78, 5) is 0. The summed E-state index contributed by atoms with van der Waals surface area (Å²) in [6.45, 7) is 2.15. The van der Waals surface area contributed by atoms with Crippen molar-refractivity contribution in [2.45, 2.75) is 13.0 Å². The maximum Gasteiger partial charge on any atom is 0.123 e. The number of rotatable bonds is 2. The van der Waals surface area contributed by atoms with Crippen molar-refractivity contribution < 1.29 is 25.9 Å². The summed E-state index contributed by atoms with van der Waals surface area (Å²) < 4.78 is 13.5. The first-order valence-corrected chi connectivity index (χ1v) is 4.48. The van der Waals surface area contributed by atoms with Crippen LogP contribution in [-0.4, -0.2) is 25.6 Å². The van der Waals surface area contributed by atoms with Crippen LogP contribution in [-0.2, 0) is 0 Å². The average molecular weight is 262 g/mol. The molecule has 1 unspecified atom stereocenters. The van der Waals surface area contributed by atoms with Gasteiger partial charge in [0.05, 0.1) is 21.1 Å². The van der Waals surface area contributed by atoms with Crippen LogP contribution in [0, 0.1) is 5.82 Å². The van der Waals surface area contributed by atoms with Crippen LogP contribution in [0.25, 0.3) is 0 Å². The third-order valence-corrected chi connectivity index (χ3v) is 2.51.